The standard InChI is InChI=1S/C49H80N10O13/c1-11-29(10)41(48(70)54-33(18-20-38(62)63)45(67)59-40(28(8)9)49(71)72)57-37(61)24-52-43(65)35(23-30-15-13-12-14-16-30)56-47(69)39(27(6)7)58-46(68)34(22-26(4)5)55-44(66)32(17-19-36(51)60)53-42(64)31(50)21-25(2)3/h12-16,25-29,31-35,39-41H,11,17-24,50H2,1-10H3,(H2,51,60)(H,52,65)(H,53,64)(H,54,70)(H,55,66)(H,56,69)(H,57,61)(H,58,68)(H,59,67)(H,62,63)(H,71,72)/t29-,31-,32-,33-,34-,35-,39-,40-,41-/m0/s1. The number of nitrogens with one attached hydrogen (secondary N) is 8. The molecule has 0 saturated carbocycles. The van der Waals surface area contributed by atoms with Crippen LogP contribution in [0.25, 0.3) is 0 Å². The molecule has 72 heavy (non-hydrogen) atoms. The third-order valence-electron chi connectivity index (χ3n) is 11.6. The number of carbonyl (C=O) groups excluding carboxylic acids is 9. The van der Waals surface area contributed by atoms with Crippen LogP contribution in [-0.2, 0) is 59.2 Å². The lowest BCUT2D eigenvalue weighted by atomic mass is 9.97. The first-order valence-electron chi connectivity index (χ1n) is 24.5. The van der Waals surface area contributed by atoms with E-state index in [1.54, 1.807) is 85.7 Å². The van der Waals surface area contributed by atoms with Crippen LogP contribution in [0.4, 0.5) is 0 Å². The summed E-state index contributed by atoms with van der Waals surface area (Å²) in [6.45, 7) is 16.4. The average molecular weight is 1020 g/mol. The summed E-state index contributed by atoms with van der Waals surface area (Å²) in [5.41, 5.74) is 12.0. The van der Waals surface area contributed by atoms with E-state index < -0.39 is 151 Å². The van der Waals surface area contributed by atoms with Crippen LogP contribution < -0.4 is 54.0 Å². The van der Waals surface area contributed by atoms with Gasteiger partial charge in [0.2, 0.25) is 53.2 Å². The third kappa shape index (κ3) is 23.5. The van der Waals surface area contributed by atoms with E-state index in [4.69, 9.17) is 11.5 Å². The van der Waals surface area contributed by atoms with Crippen molar-refractivity contribution >= 4 is 65.1 Å². The van der Waals surface area contributed by atoms with E-state index in [9.17, 15) is 63.0 Å². The Balaban J connectivity index is 3.36. The van der Waals surface area contributed by atoms with Crippen molar-refractivity contribution in [2.75, 3.05) is 6.54 Å². The number of benzene rings is 1. The zero-order chi connectivity index (χ0) is 55.0. The van der Waals surface area contributed by atoms with Gasteiger partial charge in [0, 0.05) is 19.3 Å². The van der Waals surface area contributed by atoms with Crippen LogP contribution in [0.1, 0.15) is 120 Å². The Hall–Kier alpha value is -6.65. The molecule has 0 aliphatic carbocycles. The second-order valence-electron chi connectivity index (χ2n) is 19.7. The maximum Gasteiger partial charge on any atom is 0.326 e. The molecule has 0 radical (unpaired) electrons. The zero-order valence-corrected chi connectivity index (χ0v) is 43.3. The molecule has 1 aromatic rings. The second kappa shape index (κ2) is 31.6. The van der Waals surface area contributed by atoms with Gasteiger partial charge in [-0.15, -0.1) is 0 Å². The summed E-state index contributed by atoms with van der Waals surface area (Å²) in [5.74, 6) is -11.5. The molecule has 404 valence electrons. The highest BCUT2D eigenvalue weighted by molar-refractivity contribution is 5.98. The van der Waals surface area contributed by atoms with Crippen molar-refractivity contribution in [2.45, 2.75) is 169 Å². The van der Waals surface area contributed by atoms with E-state index in [-0.39, 0.29) is 37.5 Å². The van der Waals surface area contributed by atoms with Crippen LogP contribution in [0.15, 0.2) is 30.3 Å². The molecule has 23 nitrogen and oxygen atoms in total. The molecule has 23 heteroatoms. The quantitative estimate of drug-likeness (QED) is 0.0432. The van der Waals surface area contributed by atoms with E-state index in [0.29, 0.717) is 18.4 Å². The van der Waals surface area contributed by atoms with Crippen molar-refractivity contribution in [3.05, 3.63) is 35.9 Å². The van der Waals surface area contributed by atoms with Crippen molar-refractivity contribution in [1.29, 1.82) is 0 Å². The molecule has 9 amide bonds. The molecule has 1 rings (SSSR count). The van der Waals surface area contributed by atoms with Crippen LogP contribution in [0, 0.1) is 29.6 Å². The number of aliphatic carboxylic acids is 2. The van der Waals surface area contributed by atoms with Gasteiger partial charge in [-0.3, -0.25) is 47.9 Å². The third-order valence-corrected chi connectivity index (χ3v) is 11.6. The highest BCUT2D eigenvalue weighted by Gasteiger charge is 2.36. The monoisotopic (exact) mass is 1020 g/mol. The van der Waals surface area contributed by atoms with Crippen molar-refractivity contribution in [2.24, 2.45) is 41.1 Å². The van der Waals surface area contributed by atoms with Crippen LogP contribution >= 0.6 is 0 Å². The molecule has 0 spiro atoms. The highest BCUT2D eigenvalue weighted by atomic mass is 16.4. The summed E-state index contributed by atoms with van der Waals surface area (Å²) >= 11 is 0. The van der Waals surface area contributed by atoms with Gasteiger partial charge in [0.05, 0.1) is 12.6 Å². The first-order chi connectivity index (χ1) is 33.6. The Kier molecular flexibility index (Phi) is 27.8. The van der Waals surface area contributed by atoms with Gasteiger partial charge in [0.25, 0.3) is 0 Å². The molecule has 0 aromatic heterocycles. The number of carbonyl (C=O) groups is 11. The summed E-state index contributed by atoms with van der Waals surface area (Å²) in [4.78, 5) is 144. The molecular formula is C49H80N10O13. The number of carboxylic acid groups (broad SMARTS) is 2. The van der Waals surface area contributed by atoms with Gasteiger partial charge < -0.3 is 64.2 Å². The molecule has 0 heterocycles. The van der Waals surface area contributed by atoms with E-state index in [1.165, 1.54) is 0 Å². The molecule has 0 unspecified atom stereocenters. The Bertz CT molecular complexity index is 2020. The molecule has 1 aromatic carbocycles. The summed E-state index contributed by atoms with van der Waals surface area (Å²) in [5, 5.41) is 39.3. The summed E-state index contributed by atoms with van der Waals surface area (Å²) in [6, 6.07) is -1.57. The highest BCUT2D eigenvalue weighted by Crippen LogP contribution is 2.14. The van der Waals surface area contributed by atoms with Crippen molar-refractivity contribution in [3.63, 3.8) is 0 Å². The first kappa shape index (κ1) is 63.4. The number of rotatable bonds is 33. The lowest BCUT2D eigenvalue weighted by molar-refractivity contribution is -0.144. The zero-order valence-electron chi connectivity index (χ0n) is 43.3. The smallest absolute Gasteiger partial charge is 0.326 e. The van der Waals surface area contributed by atoms with Crippen LogP contribution in [0.2, 0.25) is 0 Å². The van der Waals surface area contributed by atoms with Crippen LogP contribution in [0.3, 0.4) is 0 Å². The fourth-order valence-electron chi connectivity index (χ4n) is 7.32. The maximum absolute atomic E-state index is 14.1. The normalized spacial score (nSPS) is 15.0. The van der Waals surface area contributed by atoms with E-state index >= 15 is 0 Å². The van der Waals surface area contributed by atoms with Gasteiger partial charge in [0.1, 0.15) is 42.3 Å². The number of hydrogen-bond acceptors (Lipinski definition) is 12. The molecule has 0 fully saturated rings. The predicted molar refractivity (Wildman–Crippen MR) is 266 cm³/mol. The number of nitrogens with two attached hydrogens (primary N) is 2. The lowest BCUT2D eigenvalue weighted by Gasteiger charge is -2.29. The van der Waals surface area contributed by atoms with Gasteiger partial charge in [-0.05, 0) is 60.8 Å². The SMILES string of the molecule is CC[C@H](C)[C@H](NC(=O)CNC(=O)[C@H](Cc1ccccc1)NC(=O)[C@@H](NC(=O)[C@H](CC(C)C)NC(=O)[C@H](CCC(N)=O)NC(=O)[C@@H](N)CC(C)C)C(C)C)C(=O)N[C@@H](CCC(=O)O)C(=O)N[C@H](C(=O)O)C(C)C. The van der Waals surface area contributed by atoms with E-state index in [1.807, 2.05) is 13.8 Å². The van der Waals surface area contributed by atoms with Gasteiger partial charge in [-0.25, -0.2) is 4.79 Å². The molecule has 14 N–H and O–H groups in total. The minimum atomic E-state index is -1.48. The minimum Gasteiger partial charge on any atom is -0.481 e. The fraction of sp³-hybridized carbons (Fsp3) is 0.653. The fourth-order valence-corrected chi connectivity index (χ4v) is 7.32. The number of carboxylic acids is 2. The molecule has 0 aliphatic rings. The van der Waals surface area contributed by atoms with Crippen molar-refractivity contribution in [3.8, 4) is 0 Å². The second-order valence-corrected chi connectivity index (χ2v) is 19.7. The van der Waals surface area contributed by atoms with Gasteiger partial charge in [-0.1, -0.05) is 106 Å². The summed E-state index contributed by atoms with van der Waals surface area (Å²) < 4.78 is 0. The molecule has 0 aliphatic heterocycles. The van der Waals surface area contributed by atoms with Crippen LogP contribution in [0.5, 0.6) is 0 Å². The Labute approximate surface area is 422 Å². The first-order valence-corrected chi connectivity index (χ1v) is 24.5. The predicted octanol–water partition coefficient (Wildman–Crippen LogP) is -0.269. The molecular weight excluding hydrogens is 937 g/mol. The van der Waals surface area contributed by atoms with E-state index in [2.05, 4.69) is 42.5 Å². The Morgan fingerprint density at radius 2 is 1.00 bits per heavy atom. The number of amides is 9. The summed E-state index contributed by atoms with van der Waals surface area (Å²) in [7, 11) is 0. The average Bonchev–Trinajstić information content (AvgIpc) is 3.29. The largest absolute Gasteiger partial charge is 0.481 e. The summed E-state index contributed by atoms with van der Waals surface area (Å²) in [6.07, 6.45) is -0.691. The number of hydrogen-bond donors (Lipinski definition) is 12. The van der Waals surface area contributed by atoms with E-state index in [0.717, 1.165) is 0 Å². The van der Waals surface area contributed by atoms with Gasteiger partial charge in [0.15, 0.2) is 0 Å². The Morgan fingerprint density at radius 3 is 1.50 bits per heavy atom. The van der Waals surface area contributed by atoms with Gasteiger partial charge in [-0.2, -0.15) is 0 Å². The minimum absolute atomic E-state index is 0.0659. The van der Waals surface area contributed by atoms with Gasteiger partial charge >= 0.3 is 11.9 Å². The molecule has 0 saturated heterocycles. The topological polar surface area (TPSA) is 377 Å². The lowest BCUT2D eigenvalue weighted by Crippen LogP contribution is -2.60. The Morgan fingerprint density at radius 1 is 0.528 bits per heavy atom. The molecule has 0 bridgehead atoms. The van der Waals surface area contributed by atoms with Crippen molar-refractivity contribution < 1.29 is 63.0 Å². The maximum atomic E-state index is 14.1. The van der Waals surface area contributed by atoms with Crippen molar-refractivity contribution in [1.82, 2.24) is 42.5 Å². The number of primary amides is 1. The van der Waals surface area contributed by atoms with Crippen LogP contribution in [-0.4, -0.2) is 130 Å². The molecule has 9 atom stereocenters.